The van der Waals surface area contributed by atoms with Gasteiger partial charge in [0.2, 0.25) is 5.91 Å². The summed E-state index contributed by atoms with van der Waals surface area (Å²) >= 11 is 0. The molecule has 0 radical (unpaired) electrons. The molecule has 0 aliphatic carbocycles. The van der Waals surface area contributed by atoms with Crippen molar-refractivity contribution in [1.29, 1.82) is 0 Å². The maximum Gasteiger partial charge on any atom is 0.416 e. The third-order valence-electron chi connectivity index (χ3n) is 3.59. The molecular formula is C17H18F3N3O3. The van der Waals surface area contributed by atoms with E-state index in [2.05, 4.69) is 15.8 Å². The number of nitrogens with zero attached hydrogens (tertiary/aromatic N) is 1. The summed E-state index contributed by atoms with van der Waals surface area (Å²) in [5.41, 5.74) is -0.831. The van der Waals surface area contributed by atoms with Crippen LogP contribution in [0.2, 0.25) is 0 Å². The van der Waals surface area contributed by atoms with Gasteiger partial charge in [-0.1, -0.05) is 19.0 Å². The molecule has 0 aliphatic rings. The van der Waals surface area contributed by atoms with Gasteiger partial charge >= 0.3 is 6.18 Å². The molecule has 2 rings (SSSR count). The SMILES string of the molecule is Cc1cc(NC(=O)[C@@H](NC(=O)c2ccc(C(F)(F)F)cc2)C(C)C)no1. The van der Waals surface area contributed by atoms with Gasteiger partial charge in [0.05, 0.1) is 5.56 Å². The van der Waals surface area contributed by atoms with Gasteiger partial charge in [-0.2, -0.15) is 13.2 Å². The number of alkyl halides is 3. The zero-order chi connectivity index (χ0) is 19.5. The van der Waals surface area contributed by atoms with Crippen LogP contribution in [0.1, 0.15) is 35.5 Å². The van der Waals surface area contributed by atoms with Crippen LogP contribution in [0, 0.1) is 12.8 Å². The van der Waals surface area contributed by atoms with E-state index in [0.717, 1.165) is 24.3 Å². The minimum Gasteiger partial charge on any atom is -0.360 e. The summed E-state index contributed by atoms with van der Waals surface area (Å²) < 4.78 is 42.6. The van der Waals surface area contributed by atoms with E-state index in [1.807, 2.05) is 0 Å². The van der Waals surface area contributed by atoms with E-state index >= 15 is 0 Å². The quantitative estimate of drug-likeness (QED) is 0.846. The van der Waals surface area contributed by atoms with Gasteiger partial charge in [-0.05, 0) is 37.1 Å². The first-order valence-corrected chi connectivity index (χ1v) is 7.80. The normalized spacial score (nSPS) is 12.7. The summed E-state index contributed by atoms with van der Waals surface area (Å²) in [6.07, 6.45) is -4.48. The fourth-order valence-corrected chi connectivity index (χ4v) is 2.20. The van der Waals surface area contributed by atoms with Crippen molar-refractivity contribution >= 4 is 17.6 Å². The summed E-state index contributed by atoms with van der Waals surface area (Å²) in [7, 11) is 0. The highest BCUT2D eigenvalue weighted by molar-refractivity contribution is 6.01. The van der Waals surface area contributed by atoms with Crippen LogP contribution in [0.4, 0.5) is 19.0 Å². The van der Waals surface area contributed by atoms with Crippen molar-refractivity contribution in [3.05, 3.63) is 47.2 Å². The van der Waals surface area contributed by atoms with Crippen molar-refractivity contribution in [3.63, 3.8) is 0 Å². The topological polar surface area (TPSA) is 84.2 Å². The van der Waals surface area contributed by atoms with Crippen molar-refractivity contribution in [1.82, 2.24) is 10.5 Å². The van der Waals surface area contributed by atoms with Gasteiger partial charge in [-0.15, -0.1) is 0 Å². The van der Waals surface area contributed by atoms with E-state index in [9.17, 15) is 22.8 Å². The van der Waals surface area contributed by atoms with E-state index in [-0.39, 0.29) is 17.3 Å². The lowest BCUT2D eigenvalue weighted by Gasteiger charge is -2.21. The van der Waals surface area contributed by atoms with E-state index in [4.69, 9.17) is 4.52 Å². The summed E-state index contributed by atoms with van der Waals surface area (Å²) in [4.78, 5) is 24.6. The van der Waals surface area contributed by atoms with E-state index < -0.39 is 29.6 Å². The lowest BCUT2D eigenvalue weighted by atomic mass is 10.0. The average molecular weight is 369 g/mol. The standard InChI is InChI=1S/C17H18F3N3O3/c1-9(2)14(16(25)21-13-8-10(3)26-23-13)22-15(24)11-4-6-12(7-5-11)17(18,19)20/h4-9,14H,1-3H3,(H,22,24)(H,21,23,25)/t14-/m0/s1. The Morgan fingerprint density at radius 2 is 1.77 bits per heavy atom. The van der Waals surface area contributed by atoms with E-state index in [0.29, 0.717) is 5.76 Å². The molecule has 1 heterocycles. The molecule has 1 atom stereocenters. The zero-order valence-electron chi connectivity index (χ0n) is 14.3. The average Bonchev–Trinajstić information content (AvgIpc) is 2.96. The summed E-state index contributed by atoms with van der Waals surface area (Å²) in [5, 5.41) is 8.69. The first kappa shape index (κ1) is 19.5. The van der Waals surface area contributed by atoms with Crippen molar-refractivity contribution in [2.75, 3.05) is 5.32 Å². The molecule has 0 fully saturated rings. The smallest absolute Gasteiger partial charge is 0.360 e. The number of aromatic nitrogens is 1. The predicted molar refractivity (Wildman–Crippen MR) is 87.4 cm³/mol. The molecule has 0 spiro atoms. The highest BCUT2D eigenvalue weighted by Crippen LogP contribution is 2.29. The minimum absolute atomic E-state index is 0.0220. The monoisotopic (exact) mass is 369 g/mol. The Bertz CT molecular complexity index is 783. The lowest BCUT2D eigenvalue weighted by Crippen LogP contribution is -2.47. The van der Waals surface area contributed by atoms with Crippen molar-refractivity contribution in [2.45, 2.75) is 33.0 Å². The number of nitrogens with one attached hydrogen (secondary N) is 2. The minimum atomic E-state index is -4.48. The fraction of sp³-hybridized carbons (Fsp3) is 0.353. The summed E-state index contributed by atoms with van der Waals surface area (Å²) in [6.45, 7) is 5.12. The van der Waals surface area contributed by atoms with Crippen LogP contribution >= 0.6 is 0 Å². The van der Waals surface area contributed by atoms with Gasteiger partial charge in [0.25, 0.3) is 5.91 Å². The molecule has 0 saturated heterocycles. The second kappa shape index (κ2) is 7.59. The number of carbonyl (C=O) groups excluding carboxylic acids is 2. The number of carbonyl (C=O) groups is 2. The first-order valence-electron chi connectivity index (χ1n) is 7.80. The molecule has 26 heavy (non-hydrogen) atoms. The third-order valence-corrected chi connectivity index (χ3v) is 3.59. The van der Waals surface area contributed by atoms with Gasteiger partial charge in [0.1, 0.15) is 11.8 Å². The van der Waals surface area contributed by atoms with Crippen LogP contribution in [0.15, 0.2) is 34.9 Å². The maximum absolute atomic E-state index is 12.6. The Labute approximate surface area is 147 Å². The largest absolute Gasteiger partial charge is 0.416 e. The second-order valence-corrected chi connectivity index (χ2v) is 6.08. The van der Waals surface area contributed by atoms with Gasteiger partial charge < -0.3 is 15.2 Å². The third kappa shape index (κ3) is 4.84. The van der Waals surface area contributed by atoms with Crippen molar-refractivity contribution in [2.24, 2.45) is 5.92 Å². The van der Waals surface area contributed by atoms with Crippen molar-refractivity contribution in [3.8, 4) is 0 Å². The number of hydrogen-bond donors (Lipinski definition) is 2. The number of benzene rings is 1. The number of hydrogen-bond acceptors (Lipinski definition) is 4. The molecule has 2 N–H and O–H groups in total. The van der Waals surface area contributed by atoms with Crippen LogP contribution in [-0.4, -0.2) is 23.0 Å². The molecule has 0 unspecified atom stereocenters. The second-order valence-electron chi connectivity index (χ2n) is 6.08. The molecule has 9 heteroatoms. The summed E-state index contributed by atoms with van der Waals surface area (Å²) in [6, 6.07) is 4.38. The number of rotatable bonds is 5. The maximum atomic E-state index is 12.6. The molecule has 2 aromatic rings. The van der Waals surface area contributed by atoms with Crippen molar-refractivity contribution < 1.29 is 27.3 Å². The molecule has 6 nitrogen and oxygen atoms in total. The predicted octanol–water partition coefficient (Wildman–Crippen LogP) is 3.39. The highest BCUT2D eigenvalue weighted by atomic mass is 19.4. The Kier molecular flexibility index (Phi) is 5.69. The van der Waals surface area contributed by atoms with Crippen LogP contribution in [-0.2, 0) is 11.0 Å². The Hall–Kier alpha value is -2.84. The van der Waals surface area contributed by atoms with Gasteiger partial charge in [-0.25, -0.2) is 0 Å². The molecule has 0 saturated carbocycles. The zero-order valence-corrected chi connectivity index (χ0v) is 14.3. The van der Waals surface area contributed by atoms with Gasteiger partial charge in [0.15, 0.2) is 5.82 Å². The number of anilines is 1. The molecule has 1 aromatic carbocycles. The number of halogens is 3. The van der Waals surface area contributed by atoms with Crippen LogP contribution in [0.5, 0.6) is 0 Å². The Morgan fingerprint density at radius 1 is 1.15 bits per heavy atom. The molecule has 1 aromatic heterocycles. The van der Waals surface area contributed by atoms with Gasteiger partial charge in [0, 0.05) is 11.6 Å². The number of amides is 2. The molecule has 0 bridgehead atoms. The van der Waals surface area contributed by atoms with Crippen LogP contribution in [0.25, 0.3) is 0 Å². The number of aryl methyl sites for hydroxylation is 1. The highest BCUT2D eigenvalue weighted by Gasteiger charge is 2.30. The molecule has 0 aliphatic heterocycles. The molecule has 140 valence electrons. The van der Waals surface area contributed by atoms with Crippen LogP contribution < -0.4 is 10.6 Å². The Morgan fingerprint density at radius 3 is 2.23 bits per heavy atom. The lowest BCUT2D eigenvalue weighted by molar-refractivity contribution is -0.137. The van der Waals surface area contributed by atoms with E-state index in [1.165, 1.54) is 6.07 Å². The van der Waals surface area contributed by atoms with E-state index in [1.54, 1.807) is 20.8 Å². The molecular weight excluding hydrogens is 351 g/mol. The Balaban J connectivity index is 2.08. The molecule has 2 amide bonds. The summed E-state index contributed by atoms with van der Waals surface area (Å²) in [5.74, 6) is -0.698. The first-order chi connectivity index (χ1) is 12.1. The van der Waals surface area contributed by atoms with Gasteiger partial charge in [-0.3, -0.25) is 9.59 Å². The van der Waals surface area contributed by atoms with Crippen LogP contribution in [0.3, 0.4) is 0 Å². The fourth-order valence-electron chi connectivity index (χ4n) is 2.20.